The molecule has 0 unspecified atom stereocenters. The molecule has 0 radical (unpaired) electrons. The van der Waals surface area contributed by atoms with E-state index in [0.29, 0.717) is 79.3 Å². The summed E-state index contributed by atoms with van der Waals surface area (Å²) in [4.78, 5) is 0. The van der Waals surface area contributed by atoms with E-state index in [1.807, 2.05) is 0 Å². The Labute approximate surface area is 264 Å². The molecule has 43 heavy (non-hydrogen) atoms. The van der Waals surface area contributed by atoms with Crippen molar-refractivity contribution in [3.63, 3.8) is 0 Å². The maximum Gasteiger partial charge on any atom is 0.119 e. The van der Waals surface area contributed by atoms with Crippen LogP contribution in [0.3, 0.4) is 0 Å². The standard InChI is InChI=1S/C36H66O7/c1-3-5-7-9-11-12-14-16-22-37-23-24-38-25-26-39-27-28-40-29-30-41-31-32-42-33-34-43-36-20-18-35(19-21-36)17-15-13-10-8-6-4-2/h18-21H,3-17,22-34H2,1-2H3. The molecule has 1 rings (SSSR count). The topological polar surface area (TPSA) is 64.6 Å². The van der Waals surface area contributed by atoms with Gasteiger partial charge in [-0.2, -0.15) is 0 Å². The first-order valence-electron chi connectivity index (χ1n) is 17.5. The second-order valence-electron chi connectivity index (χ2n) is 11.2. The molecule has 0 aliphatic rings. The molecule has 0 bridgehead atoms. The smallest absolute Gasteiger partial charge is 0.119 e. The Morgan fingerprint density at radius 3 is 1.14 bits per heavy atom. The molecule has 0 N–H and O–H groups in total. The molecule has 7 heteroatoms. The fourth-order valence-corrected chi connectivity index (χ4v) is 4.62. The Hall–Kier alpha value is -1.22. The highest BCUT2D eigenvalue weighted by atomic mass is 16.6. The van der Waals surface area contributed by atoms with Crippen LogP contribution in [0, 0.1) is 0 Å². The van der Waals surface area contributed by atoms with Gasteiger partial charge in [-0.1, -0.05) is 103 Å². The zero-order chi connectivity index (χ0) is 30.7. The van der Waals surface area contributed by atoms with Crippen LogP contribution in [-0.4, -0.2) is 85.9 Å². The first-order valence-corrected chi connectivity index (χ1v) is 17.5. The van der Waals surface area contributed by atoms with Gasteiger partial charge < -0.3 is 33.2 Å². The van der Waals surface area contributed by atoms with Crippen molar-refractivity contribution in [3.05, 3.63) is 29.8 Å². The monoisotopic (exact) mass is 610 g/mol. The van der Waals surface area contributed by atoms with Gasteiger partial charge >= 0.3 is 0 Å². The molecule has 0 aliphatic heterocycles. The lowest BCUT2D eigenvalue weighted by molar-refractivity contribution is -0.0179. The Bertz CT molecular complexity index is 656. The molecule has 0 aliphatic carbocycles. The second-order valence-corrected chi connectivity index (χ2v) is 11.2. The van der Waals surface area contributed by atoms with Crippen LogP contribution in [0.15, 0.2) is 24.3 Å². The number of hydrogen-bond donors (Lipinski definition) is 0. The molecule has 0 aromatic heterocycles. The number of unbranched alkanes of at least 4 members (excludes halogenated alkanes) is 12. The van der Waals surface area contributed by atoms with Crippen LogP contribution in [-0.2, 0) is 34.8 Å². The molecule has 0 amide bonds. The van der Waals surface area contributed by atoms with E-state index in [2.05, 4.69) is 38.1 Å². The van der Waals surface area contributed by atoms with E-state index in [-0.39, 0.29) is 0 Å². The lowest BCUT2D eigenvalue weighted by atomic mass is 10.0. The fraction of sp³-hybridized carbons (Fsp3) is 0.833. The Balaban J connectivity index is 1.72. The maximum atomic E-state index is 5.77. The summed E-state index contributed by atoms with van der Waals surface area (Å²) in [5, 5.41) is 0. The van der Waals surface area contributed by atoms with Gasteiger partial charge in [-0.25, -0.2) is 0 Å². The molecule has 0 spiro atoms. The maximum absolute atomic E-state index is 5.77. The summed E-state index contributed by atoms with van der Waals surface area (Å²) >= 11 is 0. The number of hydrogen-bond acceptors (Lipinski definition) is 7. The number of rotatable bonds is 35. The van der Waals surface area contributed by atoms with Gasteiger partial charge in [0.2, 0.25) is 0 Å². The van der Waals surface area contributed by atoms with E-state index in [1.54, 1.807) is 0 Å². The first-order chi connectivity index (χ1) is 21.4. The van der Waals surface area contributed by atoms with Crippen LogP contribution in [0.1, 0.15) is 109 Å². The lowest BCUT2D eigenvalue weighted by Crippen LogP contribution is -2.14. The van der Waals surface area contributed by atoms with Crippen molar-refractivity contribution in [2.24, 2.45) is 0 Å². The first kappa shape index (κ1) is 39.8. The largest absolute Gasteiger partial charge is 0.491 e. The minimum atomic E-state index is 0.540. The van der Waals surface area contributed by atoms with Gasteiger partial charge in [-0.3, -0.25) is 0 Å². The van der Waals surface area contributed by atoms with E-state index in [9.17, 15) is 0 Å². The highest BCUT2D eigenvalue weighted by Crippen LogP contribution is 2.15. The molecule has 252 valence electrons. The van der Waals surface area contributed by atoms with Gasteiger partial charge in [0, 0.05) is 6.61 Å². The SMILES string of the molecule is CCCCCCCCCCOCCOCCOCCOCCOCCOCCOc1ccc(CCCCCCCC)cc1. The van der Waals surface area contributed by atoms with Crippen molar-refractivity contribution >= 4 is 0 Å². The molecule has 0 saturated heterocycles. The van der Waals surface area contributed by atoms with Crippen molar-refractivity contribution in [1.82, 2.24) is 0 Å². The van der Waals surface area contributed by atoms with Crippen molar-refractivity contribution in [2.75, 3.05) is 85.9 Å². The third-order valence-electron chi connectivity index (χ3n) is 7.24. The highest BCUT2D eigenvalue weighted by molar-refractivity contribution is 5.27. The third-order valence-corrected chi connectivity index (χ3v) is 7.24. The van der Waals surface area contributed by atoms with Crippen molar-refractivity contribution in [3.8, 4) is 5.75 Å². The van der Waals surface area contributed by atoms with Crippen molar-refractivity contribution in [2.45, 2.75) is 110 Å². The summed E-state index contributed by atoms with van der Waals surface area (Å²) in [6.07, 6.45) is 19.7. The van der Waals surface area contributed by atoms with E-state index < -0.39 is 0 Å². The molecule has 7 nitrogen and oxygen atoms in total. The van der Waals surface area contributed by atoms with Gasteiger partial charge in [0.25, 0.3) is 0 Å². The number of ether oxygens (including phenoxy) is 7. The summed E-state index contributed by atoms with van der Waals surface area (Å²) < 4.78 is 39.1. The lowest BCUT2D eigenvalue weighted by Gasteiger charge is -2.09. The fourth-order valence-electron chi connectivity index (χ4n) is 4.62. The normalized spacial score (nSPS) is 11.4. The summed E-state index contributed by atoms with van der Waals surface area (Å²) in [7, 11) is 0. The average Bonchev–Trinajstić information content (AvgIpc) is 3.03. The van der Waals surface area contributed by atoms with Crippen LogP contribution < -0.4 is 4.74 Å². The average molecular weight is 611 g/mol. The molecule has 0 atom stereocenters. The predicted octanol–water partition coefficient (Wildman–Crippen LogP) is 8.21. The van der Waals surface area contributed by atoms with Crippen molar-refractivity contribution in [1.29, 1.82) is 0 Å². The highest BCUT2D eigenvalue weighted by Gasteiger charge is 1.99. The molecule has 0 fully saturated rings. The second kappa shape index (κ2) is 33.7. The van der Waals surface area contributed by atoms with Gasteiger partial charge in [0.1, 0.15) is 12.4 Å². The summed E-state index contributed by atoms with van der Waals surface area (Å²) in [6.45, 7) is 12.2. The Kier molecular flexibility index (Phi) is 31.2. The Morgan fingerprint density at radius 2 is 0.698 bits per heavy atom. The number of aryl methyl sites for hydroxylation is 1. The van der Waals surface area contributed by atoms with E-state index in [0.717, 1.165) is 25.2 Å². The van der Waals surface area contributed by atoms with E-state index >= 15 is 0 Å². The van der Waals surface area contributed by atoms with Crippen molar-refractivity contribution < 1.29 is 33.2 Å². The predicted molar refractivity (Wildman–Crippen MR) is 177 cm³/mol. The number of benzene rings is 1. The third kappa shape index (κ3) is 29.3. The Morgan fingerprint density at radius 1 is 0.349 bits per heavy atom. The summed E-state index contributed by atoms with van der Waals surface area (Å²) in [5.74, 6) is 0.898. The zero-order valence-corrected chi connectivity index (χ0v) is 28.0. The minimum absolute atomic E-state index is 0.540. The molecular formula is C36H66O7. The molecule has 1 aromatic carbocycles. The van der Waals surface area contributed by atoms with E-state index in [4.69, 9.17) is 33.2 Å². The summed E-state index contributed by atoms with van der Waals surface area (Å²) in [5.41, 5.74) is 1.39. The van der Waals surface area contributed by atoms with Crippen LogP contribution in [0.25, 0.3) is 0 Å². The minimum Gasteiger partial charge on any atom is -0.491 e. The van der Waals surface area contributed by atoms with Crippen LogP contribution in [0.4, 0.5) is 0 Å². The molecule has 0 saturated carbocycles. The van der Waals surface area contributed by atoms with Gasteiger partial charge in [0.05, 0.1) is 72.7 Å². The van der Waals surface area contributed by atoms with E-state index in [1.165, 1.54) is 89.0 Å². The van der Waals surface area contributed by atoms with Gasteiger partial charge in [-0.05, 0) is 37.0 Å². The quantitative estimate of drug-likeness (QED) is 0.0718. The summed E-state index contributed by atoms with van der Waals surface area (Å²) in [6, 6.07) is 8.47. The molecule has 1 aromatic rings. The van der Waals surface area contributed by atoms with Crippen LogP contribution in [0.2, 0.25) is 0 Å². The van der Waals surface area contributed by atoms with Gasteiger partial charge in [-0.15, -0.1) is 0 Å². The zero-order valence-electron chi connectivity index (χ0n) is 28.0. The molecule has 0 heterocycles. The van der Waals surface area contributed by atoms with Crippen LogP contribution >= 0.6 is 0 Å². The van der Waals surface area contributed by atoms with Gasteiger partial charge in [0.15, 0.2) is 0 Å². The van der Waals surface area contributed by atoms with Crippen LogP contribution in [0.5, 0.6) is 5.75 Å². The molecular weight excluding hydrogens is 544 g/mol.